The number of anilines is 1. The van der Waals surface area contributed by atoms with Crippen LogP contribution in [-0.4, -0.2) is 16.5 Å². The minimum atomic E-state index is 0.0610. The number of rotatable bonds is 4. The van der Waals surface area contributed by atoms with E-state index in [1.54, 1.807) is 0 Å². The third-order valence-corrected chi connectivity index (χ3v) is 5.11. The number of hydrogen-bond donors (Lipinski definition) is 1. The molecule has 0 spiro atoms. The first kappa shape index (κ1) is 17.0. The van der Waals surface area contributed by atoms with Gasteiger partial charge in [0.25, 0.3) is 0 Å². The maximum Gasteiger partial charge on any atom is 0.143 e. The quantitative estimate of drug-likeness (QED) is 0.701. The third kappa shape index (κ3) is 4.30. The van der Waals surface area contributed by atoms with Crippen molar-refractivity contribution >= 4 is 28.4 Å². The van der Waals surface area contributed by atoms with Gasteiger partial charge < -0.3 is 5.32 Å². The Kier molecular flexibility index (Phi) is 5.86. The van der Waals surface area contributed by atoms with Gasteiger partial charge >= 0.3 is 0 Å². The van der Waals surface area contributed by atoms with Crippen molar-refractivity contribution in [1.82, 2.24) is 9.97 Å². The van der Waals surface area contributed by atoms with Crippen molar-refractivity contribution in [2.75, 3.05) is 11.9 Å². The molecule has 1 fully saturated rings. The highest BCUT2D eigenvalue weighted by atomic mass is 127. The average Bonchev–Trinajstić information content (AvgIpc) is 2.46. The number of hydrogen-bond acceptors (Lipinski definition) is 3. The van der Waals surface area contributed by atoms with E-state index < -0.39 is 0 Å². The van der Waals surface area contributed by atoms with Gasteiger partial charge in [0.1, 0.15) is 11.6 Å². The molecule has 1 N–H and O–H groups in total. The lowest BCUT2D eigenvalue weighted by Gasteiger charge is -2.26. The van der Waals surface area contributed by atoms with Crippen LogP contribution in [0.15, 0.2) is 0 Å². The Morgan fingerprint density at radius 2 is 1.81 bits per heavy atom. The summed E-state index contributed by atoms with van der Waals surface area (Å²) in [4.78, 5) is 9.86. The molecule has 1 saturated carbocycles. The second-order valence-corrected chi connectivity index (χ2v) is 8.18. The van der Waals surface area contributed by atoms with E-state index >= 15 is 0 Å². The highest BCUT2D eigenvalue weighted by Crippen LogP contribution is 2.35. The largest absolute Gasteiger partial charge is 0.369 e. The molecule has 118 valence electrons. The molecule has 1 heterocycles. The zero-order chi connectivity index (χ0) is 15.5. The molecule has 0 radical (unpaired) electrons. The zero-order valence-electron chi connectivity index (χ0n) is 13.8. The van der Waals surface area contributed by atoms with Crippen molar-refractivity contribution in [2.45, 2.75) is 77.6 Å². The van der Waals surface area contributed by atoms with Crippen LogP contribution < -0.4 is 5.32 Å². The van der Waals surface area contributed by atoms with Gasteiger partial charge in [-0.25, -0.2) is 9.97 Å². The van der Waals surface area contributed by atoms with Crippen LogP contribution in [0.2, 0.25) is 0 Å². The van der Waals surface area contributed by atoms with Gasteiger partial charge in [0.15, 0.2) is 0 Å². The topological polar surface area (TPSA) is 37.8 Å². The minimum absolute atomic E-state index is 0.0610. The summed E-state index contributed by atoms with van der Waals surface area (Å²) in [6.45, 7) is 9.89. The fourth-order valence-electron chi connectivity index (χ4n) is 2.87. The number of halogens is 1. The van der Waals surface area contributed by atoms with Crippen LogP contribution in [0.3, 0.4) is 0 Å². The molecule has 1 aliphatic rings. The van der Waals surface area contributed by atoms with Gasteiger partial charge in [0.05, 0.1) is 9.26 Å². The number of nitrogens with zero attached hydrogens (tertiary/aromatic N) is 2. The van der Waals surface area contributed by atoms with Crippen molar-refractivity contribution in [1.29, 1.82) is 0 Å². The first-order valence-electron chi connectivity index (χ1n) is 8.25. The van der Waals surface area contributed by atoms with Gasteiger partial charge in [0.2, 0.25) is 0 Å². The molecule has 1 aromatic heterocycles. The molecule has 21 heavy (non-hydrogen) atoms. The molecule has 0 atom stereocenters. The predicted molar refractivity (Wildman–Crippen MR) is 98.1 cm³/mol. The highest BCUT2D eigenvalue weighted by molar-refractivity contribution is 14.1. The van der Waals surface area contributed by atoms with Crippen LogP contribution in [-0.2, 0) is 5.41 Å². The third-order valence-electron chi connectivity index (χ3n) is 4.09. The minimum Gasteiger partial charge on any atom is -0.369 e. The Hall–Kier alpha value is -0.390. The van der Waals surface area contributed by atoms with Crippen LogP contribution in [0.1, 0.15) is 83.7 Å². The van der Waals surface area contributed by atoms with Crippen molar-refractivity contribution in [2.24, 2.45) is 0 Å². The molecule has 0 unspecified atom stereocenters. The molecule has 1 aliphatic carbocycles. The van der Waals surface area contributed by atoms with Gasteiger partial charge in [-0.15, -0.1) is 0 Å². The predicted octanol–water partition coefficient (Wildman–Crippen LogP) is 5.25. The maximum atomic E-state index is 4.98. The standard InChI is InChI=1S/C17H28IN3/c1-5-11-19-16-13(18)14(17(2,3)4)20-15(21-16)12-9-7-6-8-10-12/h12H,5-11H2,1-4H3,(H,19,20,21). The van der Waals surface area contributed by atoms with Crippen LogP contribution >= 0.6 is 22.6 Å². The Bertz CT molecular complexity index is 474. The van der Waals surface area contributed by atoms with E-state index in [0.717, 1.165) is 24.6 Å². The molecule has 3 nitrogen and oxygen atoms in total. The molecular weight excluding hydrogens is 373 g/mol. The Morgan fingerprint density at radius 3 is 2.38 bits per heavy atom. The number of nitrogens with one attached hydrogen (secondary N) is 1. The average molecular weight is 401 g/mol. The normalized spacial score (nSPS) is 17.0. The van der Waals surface area contributed by atoms with Gasteiger partial charge in [-0.05, 0) is 41.9 Å². The first-order valence-corrected chi connectivity index (χ1v) is 9.33. The Labute approximate surface area is 142 Å². The number of aromatic nitrogens is 2. The summed E-state index contributed by atoms with van der Waals surface area (Å²) in [5.74, 6) is 2.66. The molecular formula is C17H28IN3. The molecule has 4 heteroatoms. The van der Waals surface area contributed by atoms with Crippen LogP contribution in [0.5, 0.6) is 0 Å². The van der Waals surface area contributed by atoms with E-state index in [9.17, 15) is 0 Å². The van der Waals surface area contributed by atoms with Crippen LogP contribution in [0.4, 0.5) is 5.82 Å². The lowest BCUT2D eigenvalue weighted by atomic mass is 9.87. The second kappa shape index (κ2) is 7.25. The summed E-state index contributed by atoms with van der Waals surface area (Å²) in [6.07, 6.45) is 7.62. The SMILES string of the molecule is CCCNc1nc(C2CCCCC2)nc(C(C)(C)C)c1I. The Balaban J connectivity index is 2.39. The van der Waals surface area contributed by atoms with Crippen molar-refractivity contribution < 1.29 is 0 Å². The van der Waals surface area contributed by atoms with E-state index in [1.807, 2.05) is 0 Å². The molecule has 0 amide bonds. The monoisotopic (exact) mass is 401 g/mol. The summed E-state index contributed by atoms with van der Waals surface area (Å²) in [5.41, 5.74) is 1.25. The van der Waals surface area contributed by atoms with Gasteiger partial charge in [0, 0.05) is 17.9 Å². The van der Waals surface area contributed by atoms with Crippen LogP contribution in [0.25, 0.3) is 0 Å². The van der Waals surface area contributed by atoms with Gasteiger partial charge in [-0.3, -0.25) is 0 Å². The zero-order valence-corrected chi connectivity index (χ0v) is 16.0. The van der Waals surface area contributed by atoms with Crippen molar-refractivity contribution in [3.05, 3.63) is 15.1 Å². The highest BCUT2D eigenvalue weighted by Gasteiger charge is 2.26. The fraction of sp³-hybridized carbons (Fsp3) is 0.765. The van der Waals surface area contributed by atoms with E-state index in [0.29, 0.717) is 5.92 Å². The van der Waals surface area contributed by atoms with Crippen LogP contribution in [0, 0.1) is 3.57 Å². The van der Waals surface area contributed by atoms with Gasteiger partial charge in [-0.2, -0.15) is 0 Å². The molecule has 0 aliphatic heterocycles. The van der Waals surface area contributed by atoms with E-state index in [-0.39, 0.29) is 5.41 Å². The lowest BCUT2D eigenvalue weighted by molar-refractivity contribution is 0.424. The second-order valence-electron chi connectivity index (χ2n) is 7.10. The van der Waals surface area contributed by atoms with E-state index in [2.05, 4.69) is 55.6 Å². The first-order chi connectivity index (χ1) is 9.93. The van der Waals surface area contributed by atoms with E-state index in [4.69, 9.17) is 9.97 Å². The summed E-state index contributed by atoms with van der Waals surface area (Å²) >= 11 is 2.41. The van der Waals surface area contributed by atoms with Gasteiger partial charge in [-0.1, -0.05) is 47.0 Å². The lowest BCUT2D eigenvalue weighted by Crippen LogP contribution is -2.21. The maximum absolute atomic E-state index is 4.98. The molecule has 2 rings (SSSR count). The summed E-state index contributed by atoms with van der Waals surface area (Å²) in [7, 11) is 0. The summed E-state index contributed by atoms with van der Waals surface area (Å²) in [5, 5.41) is 3.50. The molecule has 1 aromatic rings. The van der Waals surface area contributed by atoms with E-state index in [1.165, 1.54) is 41.4 Å². The summed E-state index contributed by atoms with van der Waals surface area (Å²) in [6, 6.07) is 0. The molecule has 0 saturated heterocycles. The van der Waals surface area contributed by atoms with Crippen molar-refractivity contribution in [3.8, 4) is 0 Å². The smallest absolute Gasteiger partial charge is 0.143 e. The fourth-order valence-corrected chi connectivity index (χ4v) is 4.11. The van der Waals surface area contributed by atoms with Crippen molar-refractivity contribution in [3.63, 3.8) is 0 Å². The Morgan fingerprint density at radius 1 is 1.14 bits per heavy atom. The summed E-state index contributed by atoms with van der Waals surface area (Å²) < 4.78 is 1.19. The molecule has 0 aromatic carbocycles. The molecule has 0 bridgehead atoms.